The van der Waals surface area contributed by atoms with E-state index in [2.05, 4.69) is 4.98 Å². The molecule has 0 radical (unpaired) electrons. The van der Waals surface area contributed by atoms with Crippen molar-refractivity contribution in [3.05, 3.63) is 36.4 Å². The molecule has 1 aliphatic rings. The standard InChI is InChI=1S/C13H10N2O3S/c14-7-11-13(19(16,17)10-3-4-10)6-9(8-15-11)12-2-1-5-18-12/h1-2,5-6,8,10H,3-4H2. The van der Waals surface area contributed by atoms with E-state index < -0.39 is 9.84 Å². The lowest BCUT2D eigenvalue weighted by Gasteiger charge is -2.06. The van der Waals surface area contributed by atoms with Crippen LogP contribution in [-0.2, 0) is 9.84 Å². The molecule has 1 aliphatic carbocycles. The number of nitrogens with zero attached hydrogens (tertiary/aromatic N) is 2. The van der Waals surface area contributed by atoms with Crippen LogP contribution in [0.4, 0.5) is 0 Å². The third kappa shape index (κ3) is 2.02. The van der Waals surface area contributed by atoms with Crippen molar-refractivity contribution in [2.75, 3.05) is 0 Å². The van der Waals surface area contributed by atoms with E-state index in [4.69, 9.17) is 9.68 Å². The van der Waals surface area contributed by atoms with Crippen LogP contribution in [-0.4, -0.2) is 18.7 Å². The highest BCUT2D eigenvalue weighted by atomic mass is 32.2. The van der Waals surface area contributed by atoms with Crippen LogP contribution in [0, 0.1) is 11.3 Å². The number of sulfone groups is 1. The molecule has 3 rings (SSSR count). The molecule has 0 N–H and O–H groups in total. The molecule has 19 heavy (non-hydrogen) atoms. The average Bonchev–Trinajstić information content (AvgIpc) is 3.15. The second-order valence-corrected chi connectivity index (χ2v) is 6.60. The van der Waals surface area contributed by atoms with Gasteiger partial charge in [-0.15, -0.1) is 0 Å². The summed E-state index contributed by atoms with van der Waals surface area (Å²) in [5, 5.41) is 8.64. The first kappa shape index (κ1) is 11.9. The Morgan fingerprint density at radius 2 is 2.21 bits per heavy atom. The lowest BCUT2D eigenvalue weighted by Crippen LogP contribution is -2.10. The molecule has 0 saturated heterocycles. The number of rotatable bonds is 3. The minimum absolute atomic E-state index is 0.00593. The first-order valence-electron chi connectivity index (χ1n) is 5.81. The highest BCUT2D eigenvalue weighted by Crippen LogP contribution is 2.35. The number of pyridine rings is 1. The van der Waals surface area contributed by atoms with E-state index in [9.17, 15) is 8.42 Å². The third-order valence-electron chi connectivity index (χ3n) is 3.03. The lowest BCUT2D eigenvalue weighted by molar-refractivity contribution is 0.581. The molecule has 0 amide bonds. The van der Waals surface area contributed by atoms with E-state index in [1.54, 1.807) is 12.1 Å². The van der Waals surface area contributed by atoms with Crippen molar-refractivity contribution >= 4 is 9.84 Å². The van der Waals surface area contributed by atoms with Gasteiger partial charge in [0.05, 0.1) is 11.5 Å². The summed E-state index contributed by atoms with van der Waals surface area (Å²) in [6, 6.07) is 6.74. The largest absolute Gasteiger partial charge is 0.464 e. The zero-order valence-corrected chi connectivity index (χ0v) is 10.7. The van der Waals surface area contributed by atoms with E-state index in [-0.39, 0.29) is 15.8 Å². The van der Waals surface area contributed by atoms with Gasteiger partial charge >= 0.3 is 0 Å². The topological polar surface area (TPSA) is 84.0 Å². The molecule has 0 aromatic carbocycles. The molecule has 0 spiro atoms. The maximum absolute atomic E-state index is 12.3. The van der Waals surface area contributed by atoms with E-state index in [1.807, 2.05) is 6.07 Å². The fourth-order valence-corrected chi connectivity index (χ4v) is 3.66. The summed E-state index contributed by atoms with van der Waals surface area (Å²) in [7, 11) is -3.45. The summed E-state index contributed by atoms with van der Waals surface area (Å²) < 4.78 is 29.8. The van der Waals surface area contributed by atoms with E-state index in [0.717, 1.165) is 0 Å². The Labute approximate surface area is 110 Å². The lowest BCUT2D eigenvalue weighted by atomic mass is 10.2. The summed E-state index contributed by atoms with van der Waals surface area (Å²) in [6.45, 7) is 0. The quantitative estimate of drug-likeness (QED) is 0.856. The number of hydrogen-bond donors (Lipinski definition) is 0. The maximum atomic E-state index is 12.3. The van der Waals surface area contributed by atoms with Crippen LogP contribution < -0.4 is 0 Å². The van der Waals surface area contributed by atoms with Crippen LogP contribution in [0.3, 0.4) is 0 Å². The molecule has 1 fully saturated rings. The van der Waals surface area contributed by atoms with Crippen molar-refractivity contribution in [2.24, 2.45) is 0 Å². The van der Waals surface area contributed by atoms with Crippen LogP contribution in [0.25, 0.3) is 11.3 Å². The second kappa shape index (κ2) is 4.21. The number of aromatic nitrogens is 1. The van der Waals surface area contributed by atoms with Crippen molar-refractivity contribution in [3.63, 3.8) is 0 Å². The predicted molar refractivity (Wildman–Crippen MR) is 66.9 cm³/mol. The van der Waals surface area contributed by atoms with Gasteiger partial charge in [-0.2, -0.15) is 5.26 Å². The Morgan fingerprint density at radius 1 is 1.42 bits per heavy atom. The van der Waals surface area contributed by atoms with Crippen molar-refractivity contribution in [1.29, 1.82) is 5.26 Å². The Morgan fingerprint density at radius 3 is 2.79 bits per heavy atom. The maximum Gasteiger partial charge on any atom is 0.184 e. The van der Waals surface area contributed by atoms with Gasteiger partial charge in [-0.05, 0) is 31.0 Å². The zero-order chi connectivity index (χ0) is 13.5. The SMILES string of the molecule is N#Cc1ncc(-c2ccco2)cc1S(=O)(=O)C1CC1. The highest BCUT2D eigenvalue weighted by molar-refractivity contribution is 7.92. The number of furan rings is 1. The fourth-order valence-electron chi connectivity index (χ4n) is 1.88. The third-order valence-corrected chi connectivity index (χ3v) is 5.31. The van der Waals surface area contributed by atoms with Gasteiger partial charge in [0.2, 0.25) is 0 Å². The van der Waals surface area contributed by atoms with Crippen LogP contribution in [0.15, 0.2) is 40.0 Å². The second-order valence-electron chi connectivity index (χ2n) is 4.40. The van der Waals surface area contributed by atoms with Crippen molar-refractivity contribution in [3.8, 4) is 17.4 Å². The molecule has 6 heteroatoms. The minimum Gasteiger partial charge on any atom is -0.464 e. The minimum atomic E-state index is -3.45. The van der Waals surface area contributed by atoms with Crippen LogP contribution in [0.2, 0.25) is 0 Å². The van der Waals surface area contributed by atoms with Crippen molar-refractivity contribution < 1.29 is 12.8 Å². The Bertz CT molecular complexity index is 754. The molecular formula is C13H10N2O3S. The highest BCUT2D eigenvalue weighted by Gasteiger charge is 2.38. The molecule has 96 valence electrons. The Hall–Kier alpha value is -2.13. The van der Waals surface area contributed by atoms with Gasteiger partial charge < -0.3 is 4.42 Å². The molecule has 0 unspecified atom stereocenters. The molecule has 0 bridgehead atoms. The van der Waals surface area contributed by atoms with Gasteiger partial charge in [-0.3, -0.25) is 0 Å². The molecule has 0 aliphatic heterocycles. The van der Waals surface area contributed by atoms with Gasteiger partial charge in [0.15, 0.2) is 15.5 Å². The molecule has 0 atom stereocenters. The summed E-state index contributed by atoms with van der Waals surface area (Å²) >= 11 is 0. The monoisotopic (exact) mass is 274 g/mol. The summed E-state index contributed by atoms with van der Waals surface area (Å²) in [6.07, 6.45) is 4.25. The first-order valence-corrected chi connectivity index (χ1v) is 7.35. The van der Waals surface area contributed by atoms with Gasteiger partial charge in [0.25, 0.3) is 0 Å². The van der Waals surface area contributed by atoms with Crippen LogP contribution >= 0.6 is 0 Å². The molecule has 2 aromatic heterocycles. The summed E-state index contributed by atoms with van der Waals surface area (Å²) in [4.78, 5) is 3.94. The molecular weight excluding hydrogens is 264 g/mol. The average molecular weight is 274 g/mol. The number of nitriles is 1. The van der Waals surface area contributed by atoms with E-state index in [1.165, 1.54) is 18.5 Å². The van der Waals surface area contributed by atoms with Gasteiger partial charge in [-0.1, -0.05) is 0 Å². The molecule has 5 nitrogen and oxygen atoms in total. The summed E-state index contributed by atoms with van der Waals surface area (Å²) in [5.74, 6) is 0.532. The molecule has 2 heterocycles. The van der Waals surface area contributed by atoms with Crippen molar-refractivity contribution in [2.45, 2.75) is 23.0 Å². The van der Waals surface area contributed by atoms with E-state index >= 15 is 0 Å². The fraction of sp³-hybridized carbons (Fsp3) is 0.231. The Kier molecular flexibility index (Phi) is 2.64. The normalized spacial score (nSPS) is 15.1. The molecule has 2 aromatic rings. The molecule has 1 saturated carbocycles. The summed E-state index contributed by atoms with van der Waals surface area (Å²) in [5.41, 5.74) is 0.505. The van der Waals surface area contributed by atoms with Gasteiger partial charge in [-0.25, -0.2) is 13.4 Å². The van der Waals surface area contributed by atoms with Gasteiger partial charge in [0, 0.05) is 11.8 Å². The van der Waals surface area contributed by atoms with Crippen LogP contribution in [0.1, 0.15) is 18.5 Å². The predicted octanol–water partition coefficient (Wildman–Crippen LogP) is 2.15. The number of hydrogen-bond acceptors (Lipinski definition) is 5. The van der Waals surface area contributed by atoms with Crippen molar-refractivity contribution in [1.82, 2.24) is 4.98 Å². The Balaban J connectivity index is 2.17. The first-order chi connectivity index (χ1) is 9.13. The van der Waals surface area contributed by atoms with Crippen LogP contribution in [0.5, 0.6) is 0 Å². The zero-order valence-electron chi connectivity index (χ0n) is 9.91. The smallest absolute Gasteiger partial charge is 0.184 e. The van der Waals surface area contributed by atoms with Gasteiger partial charge in [0.1, 0.15) is 16.7 Å². The van der Waals surface area contributed by atoms with E-state index in [0.29, 0.717) is 24.2 Å².